The minimum Gasteiger partial charge on any atom is -0.481 e. The Morgan fingerprint density at radius 1 is 1.33 bits per heavy atom. The largest absolute Gasteiger partial charge is 0.481 e. The third kappa shape index (κ3) is 4.17. The zero-order valence-electron chi connectivity index (χ0n) is 11.6. The van der Waals surface area contributed by atoms with E-state index >= 15 is 0 Å². The van der Waals surface area contributed by atoms with Gasteiger partial charge in [-0.05, 0) is 12.5 Å². The Morgan fingerprint density at radius 3 is 2.62 bits per heavy atom. The molecule has 21 heavy (non-hydrogen) atoms. The van der Waals surface area contributed by atoms with Gasteiger partial charge in [0.25, 0.3) is 0 Å². The van der Waals surface area contributed by atoms with Gasteiger partial charge in [-0.1, -0.05) is 35.5 Å². The fourth-order valence-electron chi connectivity index (χ4n) is 1.98. The summed E-state index contributed by atoms with van der Waals surface area (Å²) in [7, 11) is 0. The van der Waals surface area contributed by atoms with Crippen LogP contribution in [0, 0.1) is 6.92 Å². The van der Waals surface area contributed by atoms with Crippen LogP contribution in [-0.2, 0) is 16.0 Å². The van der Waals surface area contributed by atoms with E-state index in [0.29, 0.717) is 17.0 Å². The van der Waals surface area contributed by atoms with Gasteiger partial charge in [0.2, 0.25) is 5.91 Å². The highest BCUT2D eigenvalue weighted by molar-refractivity contribution is 5.80. The molecule has 1 aromatic heterocycles. The lowest BCUT2D eigenvalue weighted by Crippen LogP contribution is -2.32. The van der Waals surface area contributed by atoms with E-state index in [-0.39, 0.29) is 18.9 Å². The normalized spacial score (nSPS) is 11.9. The number of hydrogen-bond acceptors (Lipinski definition) is 4. The smallest absolute Gasteiger partial charge is 0.312 e. The second kappa shape index (κ2) is 6.69. The van der Waals surface area contributed by atoms with Crippen molar-refractivity contribution in [3.05, 3.63) is 53.4 Å². The van der Waals surface area contributed by atoms with Gasteiger partial charge in [0, 0.05) is 12.6 Å². The van der Waals surface area contributed by atoms with Gasteiger partial charge in [0.05, 0.1) is 18.0 Å². The average molecular weight is 288 g/mol. The first-order valence-electron chi connectivity index (χ1n) is 6.53. The molecule has 1 aromatic carbocycles. The molecule has 2 aromatic rings. The SMILES string of the molecule is Cc1cc(CC(=O)NCC(C(=O)O)c2ccccc2)no1. The molecule has 1 amide bonds. The number of aliphatic carboxylic acids is 1. The molecule has 6 heteroatoms. The first-order valence-corrected chi connectivity index (χ1v) is 6.53. The highest BCUT2D eigenvalue weighted by Crippen LogP contribution is 2.14. The van der Waals surface area contributed by atoms with Gasteiger partial charge in [-0.15, -0.1) is 0 Å². The zero-order valence-corrected chi connectivity index (χ0v) is 11.6. The number of hydrogen-bond donors (Lipinski definition) is 2. The second-order valence-electron chi connectivity index (χ2n) is 4.71. The Hall–Kier alpha value is -2.63. The van der Waals surface area contributed by atoms with Crippen molar-refractivity contribution in [1.82, 2.24) is 10.5 Å². The average Bonchev–Trinajstić information content (AvgIpc) is 2.85. The molecule has 110 valence electrons. The number of rotatable bonds is 6. The molecule has 0 aliphatic carbocycles. The molecule has 0 aliphatic heterocycles. The number of benzene rings is 1. The molecular formula is C15H16N2O4. The second-order valence-corrected chi connectivity index (χ2v) is 4.71. The summed E-state index contributed by atoms with van der Waals surface area (Å²) in [6.07, 6.45) is 0.0679. The lowest BCUT2D eigenvalue weighted by Gasteiger charge is -2.13. The van der Waals surface area contributed by atoms with E-state index < -0.39 is 11.9 Å². The van der Waals surface area contributed by atoms with E-state index in [1.165, 1.54) is 0 Å². The summed E-state index contributed by atoms with van der Waals surface area (Å²) < 4.78 is 4.87. The fourth-order valence-corrected chi connectivity index (χ4v) is 1.98. The first-order chi connectivity index (χ1) is 10.1. The van der Waals surface area contributed by atoms with Crippen LogP contribution in [-0.4, -0.2) is 28.7 Å². The van der Waals surface area contributed by atoms with Crippen molar-refractivity contribution in [3.63, 3.8) is 0 Å². The number of carboxylic acid groups (broad SMARTS) is 1. The Bertz CT molecular complexity index is 622. The Morgan fingerprint density at radius 2 is 2.05 bits per heavy atom. The van der Waals surface area contributed by atoms with Crippen molar-refractivity contribution < 1.29 is 19.2 Å². The molecule has 1 heterocycles. The summed E-state index contributed by atoms with van der Waals surface area (Å²) in [6.45, 7) is 1.78. The van der Waals surface area contributed by atoms with E-state index in [1.807, 2.05) is 6.07 Å². The van der Waals surface area contributed by atoms with Gasteiger partial charge in [-0.2, -0.15) is 0 Å². The maximum absolute atomic E-state index is 11.8. The lowest BCUT2D eigenvalue weighted by molar-refractivity contribution is -0.138. The van der Waals surface area contributed by atoms with Crippen molar-refractivity contribution in [2.24, 2.45) is 0 Å². The van der Waals surface area contributed by atoms with Crippen molar-refractivity contribution in [2.75, 3.05) is 6.54 Å². The van der Waals surface area contributed by atoms with Crippen LogP contribution in [0.1, 0.15) is 22.9 Å². The van der Waals surface area contributed by atoms with Gasteiger partial charge >= 0.3 is 5.97 Å². The maximum Gasteiger partial charge on any atom is 0.312 e. The Labute approximate surface area is 121 Å². The molecule has 2 rings (SSSR count). The summed E-state index contributed by atoms with van der Waals surface area (Å²) in [6, 6.07) is 10.5. The van der Waals surface area contributed by atoms with Crippen LogP contribution < -0.4 is 5.32 Å². The van der Waals surface area contributed by atoms with Crippen molar-refractivity contribution in [1.29, 1.82) is 0 Å². The number of nitrogens with one attached hydrogen (secondary N) is 1. The van der Waals surface area contributed by atoms with Gasteiger partial charge in [-0.25, -0.2) is 0 Å². The van der Waals surface area contributed by atoms with E-state index in [9.17, 15) is 14.7 Å². The molecule has 0 fully saturated rings. The highest BCUT2D eigenvalue weighted by atomic mass is 16.5. The topological polar surface area (TPSA) is 92.4 Å². The maximum atomic E-state index is 11.8. The lowest BCUT2D eigenvalue weighted by atomic mass is 9.99. The molecule has 0 aliphatic rings. The number of amides is 1. The van der Waals surface area contributed by atoms with Crippen LogP contribution in [0.15, 0.2) is 40.9 Å². The molecule has 1 unspecified atom stereocenters. The van der Waals surface area contributed by atoms with E-state index in [1.54, 1.807) is 37.3 Å². The number of carboxylic acids is 1. The molecule has 6 nitrogen and oxygen atoms in total. The summed E-state index contributed by atoms with van der Waals surface area (Å²) in [5.74, 6) is -1.40. The van der Waals surface area contributed by atoms with Gasteiger partial charge in [-0.3, -0.25) is 9.59 Å². The van der Waals surface area contributed by atoms with Crippen LogP contribution in [0.2, 0.25) is 0 Å². The molecule has 0 saturated heterocycles. The standard InChI is InChI=1S/C15H16N2O4/c1-10-7-12(17-21-10)8-14(18)16-9-13(15(19)20)11-5-3-2-4-6-11/h2-7,13H,8-9H2,1H3,(H,16,18)(H,19,20). The summed E-state index contributed by atoms with van der Waals surface area (Å²) in [5.41, 5.74) is 1.18. The monoisotopic (exact) mass is 288 g/mol. The van der Waals surface area contributed by atoms with E-state index in [0.717, 1.165) is 0 Å². The Balaban J connectivity index is 1.93. The van der Waals surface area contributed by atoms with Gasteiger partial charge in [0.1, 0.15) is 5.76 Å². The van der Waals surface area contributed by atoms with Crippen LogP contribution in [0.3, 0.4) is 0 Å². The Kier molecular flexibility index (Phi) is 4.71. The molecule has 0 spiro atoms. The minimum absolute atomic E-state index is 0.0367. The molecular weight excluding hydrogens is 272 g/mol. The van der Waals surface area contributed by atoms with Crippen molar-refractivity contribution in [2.45, 2.75) is 19.3 Å². The summed E-state index contributed by atoms with van der Waals surface area (Å²) in [4.78, 5) is 23.1. The van der Waals surface area contributed by atoms with Crippen LogP contribution in [0.4, 0.5) is 0 Å². The number of aryl methyl sites for hydroxylation is 1. The van der Waals surface area contributed by atoms with E-state index in [4.69, 9.17) is 4.52 Å². The third-order valence-corrected chi connectivity index (χ3v) is 3.02. The minimum atomic E-state index is -0.973. The van der Waals surface area contributed by atoms with Gasteiger partial charge < -0.3 is 14.9 Å². The van der Waals surface area contributed by atoms with E-state index in [2.05, 4.69) is 10.5 Å². The first kappa shape index (κ1) is 14.8. The quantitative estimate of drug-likeness (QED) is 0.840. The molecule has 0 saturated carbocycles. The molecule has 1 atom stereocenters. The predicted molar refractivity (Wildman–Crippen MR) is 74.8 cm³/mol. The van der Waals surface area contributed by atoms with Crippen LogP contribution in [0.25, 0.3) is 0 Å². The fraction of sp³-hybridized carbons (Fsp3) is 0.267. The number of nitrogens with zero attached hydrogens (tertiary/aromatic N) is 1. The summed E-state index contributed by atoms with van der Waals surface area (Å²) >= 11 is 0. The van der Waals surface area contributed by atoms with Crippen LogP contribution in [0.5, 0.6) is 0 Å². The third-order valence-electron chi connectivity index (χ3n) is 3.02. The predicted octanol–water partition coefficient (Wildman–Crippen LogP) is 1.51. The van der Waals surface area contributed by atoms with Crippen LogP contribution >= 0.6 is 0 Å². The molecule has 2 N–H and O–H groups in total. The molecule has 0 radical (unpaired) electrons. The molecule has 0 bridgehead atoms. The van der Waals surface area contributed by atoms with Gasteiger partial charge in [0.15, 0.2) is 0 Å². The number of carbonyl (C=O) groups is 2. The summed E-state index contributed by atoms with van der Waals surface area (Å²) in [5, 5.41) is 15.6. The number of aromatic nitrogens is 1. The van der Waals surface area contributed by atoms with Crippen molar-refractivity contribution >= 4 is 11.9 Å². The zero-order chi connectivity index (χ0) is 15.2. The highest BCUT2D eigenvalue weighted by Gasteiger charge is 2.20. The van der Waals surface area contributed by atoms with Crippen molar-refractivity contribution in [3.8, 4) is 0 Å². The number of carbonyl (C=O) groups excluding carboxylic acids is 1.